The van der Waals surface area contributed by atoms with Gasteiger partial charge in [-0.25, -0.2) is 0 Å². The molecule has 4 rings (SSSR count). The highest BCUT2D eigenvalue weighted by molar-refractivity contribution is 5.79. The Bertz CT molecular complexity index is 334. The molecule has 0 spiro atoms. The maximum Gasteiger partial charge on any atom is 0.234 e. The van der Waals surface area contributed by atoms with Gasteiger partial charge in [0.05, 0.1) is 6.54 Å². The number of nitrogens with one attached hydrogen (secondary N) is 2. The van der Waals surface area contributed by atoms with E-state index in [-0.39, 0.29) is 17.0 Å². The third-order valence-corrected chi connectivity index (χ3v) is 5.22. The van der Waals surface area contributed by atoms with Gasteiger partial charge in [-0.05, 0) is 77.0 Å². The summed E-state index contributed by atoms with van der Waals surface area (Å²) >= 11 is 0. The van der Waals surface area contributed by atoms with Crippen molar-refractivity contribution in [2.45, 2.75) is 70.4 Å². The van der Waals surface area contributed by atoms with E-state index in [4.69, 9.17) is 0 Å². The summed E-state index contributed by atoms with van der Waals surface area (Å²) in [5, 5.41) is 6.69. The van der Waals surface area contributed by atoms with E-state index in [1.165, 1.54) is 38.5 Å². The van der Waals surface area contributed by atoms with Gasteiger partial charge >= 0.3 is 0 Å². The first-order valence-corrected chi connectivity index (χ1v) is 7.90. The molecule has 108 valence electrons. The number of amides is 1. The predicted octanol–water partition coefficient (Wildman–Crippen LogP) is 2.46. The van der Waals surface area contributed by atoms with Crippen molar-refractivity contribution < 1.29 is 4.79 Å². The van der Waals surface area contributed by atoms with Crippen LogP contribution in [0.1, 0.15) is 59.3 Å². The molecule has 2 N–H and O–H groups in total. The maximum absolute atomic E-state index is 12.2. The van der Waals surface area contributed by atoms with Crippen LogP contribution in [0.5, 0.6) is 0 Å². The summed E-state index contributed by atoms with van der Waals surface area (Å²) in [7, 11) is 0. The average molecular weight is 264 g/mol. The number of rotatable bonds is 3. The molecule has 0 radical (unpaired) electrons. The smallest absolute Gasteiger partial charge is 0.234 e. The summed E-state index contributed by atoms with van der Waals surface area (Å²) < 4.78 is 0. The van der Waals surface area contributed by atoms with Crippen molar-refractivity contribution in [1.29, 1.82) is 0 Å². The summed E-state index contributed by atoms with van der Waals surface area (Å²) in [5.74, 6) is 2.86. The van der Waals surface area contributed by atoms with Crippen molar-refractivity contribution in [3.63, 3.8) is 0 Å². The fourth-order valence-corrected chi connectivity index (χ4v) is 4.95. The SMILES string of the molecule is CC(C)(C)NCC(=O)NC12CC3CC(CC(C3)C1)C2. The third kappa shape index (κ3) is 2.96. The minimum atomic E-state index is 0.0127. The first-order valence-electron chi connectivity index (χ1n) is 7.90. The zero-order valence-electron chi connectivity index (χ0n) is 12.6. The Kier molecular flexibility index (Phi) is 3.16. The van der Waals surface area contributed by atoms with Crippen molar-refractivity contribution in [2.75, 3.05) is 6.54 Å². The number of hydrogen-bond acceptors (Lipinski definition) is 2. The molecule has 0 unspecified atom stereocenters. The van der Waals surface area contributed by atoms with Crippen LogP contribution in [0.25, 0.3) is 0 Å². The van der Waals surface area contributed by atoms with E-state index in [9.17, 15) is 4.79 Å². The molecule has 0 saturated heterocycles. The molecule has 0 heterocycles. The molecule has 3 nitrogen and oxygen atoms in total. The summed E-state index contributed by atoms with van der Waals surface area (Å²) in [4.78, 5) is 12.2. The van der Waals surface area contributed by atoms with E-state index in [1.807, 2.05) is 0 Å². The Hall–Kier alpha value is -0.570. The summed E-state index contributed by atoms with van der Waals surface area (Å²) in [6.45, 7) is 6.76. The van der Waals surface area contributed by atoms with E-state index in [2.05, 4.69) is 31.4 Å². The lowest BCUT2D eigenvalue weighted by Gasteiger charge is -2.57. The molecular weight excluding hydrogens is 236 g/mol. The molecule has 4 fully saturated rings. The van der Waals surface area contributed by atoms with Gasteiger partial charge in [0.1, 0.15) is 0 Å². The lowest BCUT2D eigenvalue weighted by atomic mass is 9.53. The highest BCUT2D eigenvalue weighted by atomic mass is 16.2. The topological polar surface area (TPSA) is 41.1 Å². The van der Waals surface area contributed by atoms with E-state index >= 15 is 0 Å². The van der Waals surface area contributed by atoms with Crippen LogP contribution >= 0.6 is 0 Å². The van der Waals surface area contributed by atoms with Gasteiger partial charge in [-0.1, -0.05) is 0 Å². The highest BCUT2D eigenvalue weighted by Crippen LogP contribution is 2.55. The zero-order valence-corrected chi connectivity index (χ0v) is 12.6. The van der Waals surface area contributed by atoms with Crippen LogP contribution in [0.2, 0.25) is 0 Å². The zero-order chi connectivity index (χ0) is 13.7. The number of carbonyl (C=O) groups is 1. The lowest BCUT2D eigenvalue weighted by molar-refractivity contribution is -0.126. The van der Waals surface area contributed by atoms with Crippen molar-refractivity contribution in [2.24, 2.45) is 17.8 Å². The van der Waals surface area contributed by atoms with Gasteiger partial charge in [0.25, 0.3) is 0 Å². The van der Waals surface area contributed by atoms with Gasteiger partial charge in [-0.15, -0.1) is 0 Å². The first kappa shape index (κ1) is 13.4. The van der Waals surface area contributed by atoms with Crippen LogP contribution in [0.3, 0.4) is 0 Å². The fraction of sp³-hybridized carbons (Fsp3) is 0.938. The fourth-order valence-electron chi connectivity index (χ4n) is 4.95. The Morgan fingerprint density at radius 3 is 1.95 bits per heavy atom. The molecule has 0 atom stereocenters. The van der Waals surface area contributed by atoms with Crippen LogP contribution in [0.4, 0.5) is 0 Å². The molecule has 4 saturated carbocycles. The molecule has 0 aromatic carbocycles. The van der Waals surface area contributed by atoms with Crippen molar-refractivity contribution in [3.05, 3.63) is 0 Å². The van der Waals surface area contributed by atoms with E-state index in [0.717, 1.165) is 17.8 Å². The molecule has 0 aromatic heterocycles. The Morgan fingerprint density at radius 1 is 1.05 bits per heavy atom. The van der Waals surface area contributed by atoms with Crippen LogP contribution < -0.4 is 10.6 Å². The number of carbonyl (C=O) groups excluding carboxylic acids is 1. The summed E-state index contributed by atoms with van der Waals surface area (Å²) in [6.07, 6.45) is 7.99. The summed E-state index contributed by atoms with van der Waals surface area (Å²) in [6, 6.07) is 0. The largest absolute Gasteiger partial charge is 0.350 e. The predicted molar refractivity (Wildman–Crippen MR) is 76.8 cm³/mol. The van der Waals surface area contributed by atoms with Gasteiger partial charge in [0.2, 0.25) is 5.91 Å². The summed E-state index contributed by atoms with van der Waals surface area (Å²) in [5.41, 5.74) is 0.171. The van der Waals surface area contributed by atoms with Crippen molar-refractivity contribution >= 4 is 5.91 Å². The third-order valence-electron chi connectivity index (χ3n) is 5.22. The molecular formula is C16H28N2O. The normalized spacial score (nSPS) is 40.5. The van der Waals surface area contributed by atoms with Crippen molar-refractivity contribution in [1.82, 2.24) is 10.6 Å². The molecule has 3 heteroatoms. The Morgan fingerprint density at radius 2 is 1.53 bits per heavy atom. The Balaban J connectivity index is 1.59. The first-order chi connectivity index (χ1) is 8.84. The minimum absolute atomic E-state index is 0.0127. The van der Waals surface area contributed by atoms with Crippen LogP contribution in [-0.2, 0) is 4.79 Å². The minimum Gasteiger partial charge on any atom is -0.350 e. The molecule has 4 bridgehead atoms. The molecule has 0 aromatic rings. The molecule has 0 aliphatic heterocycles. The quantitative estimate of drug-likeness (QED) is 0.822. The van der Waals surface area contributed by atoms with E-state index in [1.54, 1.807) is 0 Å². The Labute approximate surface area is 116 Å². The van der Waals surface area contributed by atoms with Crippen LogP contribution in [0.15, 0.2) is 0 Å². The second-order valence-corrected chi connectivity index (χ2v) is 8.35. The standard InChI is InChI=1S/C16H28N2O/c1-15(2,3)17-10-14(19)18-16-7-11-4-12(8-16)6-13(5-11)9-16/h11-13,17H,4-10H2,1-3H3,(H,18,19). The van der Waals surface area contributed by atoms with Gasteiger partial charge in [0.15, 0.2) is 0 Å². The number of hydrogen-bond donors (Lipinski definition) is 2. The highest BCUT2D eigenvalue weighted by Gasteiger charge is 2.51. The van der Waals surface area contributed by atoms with E-state index in [0.29, 0.717) is 6.54 Å². The van der Waals surface area contributed by atoms with Gasteiger partial charge in [0, 0.05) is 11.1 Å². The molecule has 19 heavy (non-hydrogen) atoms. The van der Waals surface area contributed by atoms with Crippen molar-refractivity contribution in [3.8, 4) is 0 Å². The van der Waals surface area contributed by atoms with Crippen LogP contribution in [-0.4, -0.2) is 23.5 Å². The monoisotopic (exact) mass is 264 g/mol. The average Bonchev–Trinajstić information content (AvgIpc) is 2.22. The van der Waals surface area contributed by atoms with Gasteiger partial charge in [-0.2, -0.15) is 0 Å². The lowest BCUT2D eigenvalue weighted by Crippen LogP contribution is -2.61. The van der Waals surface area contributed by atoms with Gasteiger partial charge < -0.3 is 10.6 Å². The van der Waals surface area contributed by atoms with Crippen LogP contribution in [0, 0.1) is 17.8 Å². The molecule has 4 aliphatic rings. The maximum atomic E-state index is 12.2. The molecule has 1 amide bonds. The second kappa shape index (κ2) is 4.47. The van der Waals surface area contributed by atoms with E-state index < -0.39 is 0 Å². The van der Waals surface area contributed by atoms with Gasteiger partial charge in [-0.3, -0.25) is 4.79 Å². The second-order valence-electron chi connectivity index (χ2n) is 8.35. The molecule has 4 aliphatic carbocycles.